The number of sulfonamides is 1. The molecule has 2 rings (SSSR count). The van der Waals surface area contributed by atoms with Gasteiger partial charge in [0, 0.05) is 18.8 Å². The van der Waals surface area contributed by atoms with Crippen LogP contribution in [0.2, 0.25) is 0 Å². The Balaban J connectivity index is 2.12. The van der Waals surface area contributed by atoms with Gasteiger partial charge in [-0.3, -0.25) is 9.62 Å². The molecule has 0 aliphatic carbocycles. The van der Waals surface area contributed by atoms with Crippen LogP contribution in [-0.2, 0) is 14.8 Å². The minimum atomic E-state index is -3.23. The first-order valence-corrected chi connectivity index (χ1v) is 9.14. The van der Waals surface area contributed by atoms with Gasteiger partial charge in [-0.15, -0.1) is 0 Å². The van der Waals surface area contributed by atoms with Crippen LogP contribution in [-0.4, -0.2) is 45.9 Å². The number of anilines is 1. The Bertz CT molecular complexity index is 555. The van der Waals surface area contributed by atoms with Gasteiger partial charge < -0.3 is 4.74 Å². The normalized spacial score (nSPS) is 20.7. The van der Waals surface area contributed by atoms with E-state index in [1.165, 1.54) is 0 Å². The van der Waals surface area contributed by atoms with Crippen LogP contribution < -0.4 is 4.72 Å². The van der Waals surface area contributed by atoms with Crippen molar-refractivity contribution in [1.29, 1.82) is 0 Å². The van der Waals surface area contributed by atoms with E-state index in [0.29, 0.717) is 18.2 Å². The minimum Gasteiger partial charge on any atom is -0.378 e. The van der Waals surface area contributed by atoms with E-state index in [1.54, 1.807) is 12.1 Å². The van der Waals surface area contributed by atoms with Gasteiger partial charge in [-0.2, -0.15) is 0 Å². The number of morpholine rings is 1. The SMILES string of the molecule is CC(C)CN1CCOC[C@@H]1c1ccc(NS(C)(=O)=O)cc1. The zero-order valence-electron chi connectivity index (χ0n) is 12.9. The summed E-state index contributed by atoms with van der Waals surface area (Å²) in [6.45, 7) is 7.86. The van der Waals surface area contributed by atoms with Crippen molar-refractivity contribution in [2.75, 3.05) is 37.3 Å². The van der Waals surface area contributed by atoms with E-state index < -0.39 is 10.0 Å². The number of nitrogens with one attached hydrogen (secondary N) is 1. The maximum atomic E-state index is 11.2. The molecule has 0 unspecified atom stereocenters. The van der Waals surface area contributed by atoms with E-state index in [-0.39, 0.29) is 6.04 Å². The molecule has 6 heteroatoms. The van der Waals surface area contributed by atoms with Gasteiger partial charge >= 0.3 is 0 Å². The van der Waals surface area contributed by atoms with E-state index in [9.17, 15) is 8.42 Å². The Hall–Kier alpha value is -1.11. The molecule has 0 amide bonds. The molecule has 118 valence electrons. The molecule has 1 aromatic carbocycles. The van der Waals surface area contributed by atoms with Crippen LogP contribution in [0.5, 0.6) is 0 Å². The summed E-state index contributed by atoms with van der Waals surface area (Å²) in [5, 5.41) is 0. The topological polar surface area (TPSA) is 58.6 Å². The molecule has 1 aliphatic heterocycles. The average Bonchev–Trinajstić information content (AvgIpc) is 2.38. The van der Waals surface area contributed by atoms with Crippen molar-refractivity contribution in [2.45, 2.75) is 19.9 Å². The lowest BCUT2D eigenvalue weighted by Crippen LogP contribution is -2.41. The van der Waals surface area contributed by atoms with Crippen molar-refractivity contribution in [3.8, 4) is 0 Å². The highest BCUT2D eigenvalue weighted by Gasteiger charge is 2.24. The summed E-state index contributed by atoms with van der Waals surface area (Å²) in [6, 6.07) is 7.80. The highest BCUT2D eigenvalue weighted by atomic mass is 32.2. The first-order valence-electron chi connectivity index (χ1n) is 7.24. The van der Waals surface area contributed by atoms with Crippen molar-refractivity contribution in [3.63, 3.8) is 0 Å². The molecule has 1 heterocycles. The number of hydrogen-bond donors (Lipinski definition) is 1. The summed E-state index contributed by atoms with van der Waals surface area (Å²) < 4.78 is 30.5. The quantitative estimate of drug-likeness (QED) is 0.904. The summed E-state index contributed by atoms with van der Waals surface area (Å²) in [5.41, 5.74) is 1.75. The van der Waals surface area contributed by atoms with Crippen LogP contribution in [0.4, 0.5) is 5.69 Å². The number of ether oxygens (including phenoxy) is 1. The summed E-state index contributed by atoms with van der Waals surface area (Å²) in [6.07, 6.45) is 1.15. The van der Waals surface area contributed by atoms with Gasteiger partial charge in [-0.1, -0.05) is 26.0 Å². The number of hydrogen-bond acceptors (Lipinski definition) is 4. The zero-order chi connectivity index (χ0) is 15.5. The van der Waals surface area contributed by atoms with Gasteiger partial charge in [0.2, 0.25) is 10.0 Å². The molecule has 1 N–H and O–H groups in total. The van der Waals surface area contributed by atoms with E-state index in [4.69, 9.17) is 4.74 Å². The Morgan fingerprint density at radius 2 is 2.00 bits per heavy atom. The molecule has 1 saturated heterocycles. The molecule has 1 aliphatic rings. The summed E-state index contributed by atoms with van der Waals surface area (Å²) >= 11 is 0. The molecule has 0 bridgehead atoms. The Labute approximate surface area is 127 Å². The predicted molar refractivity (Wildman–Crippen MR) is 84.9 cm³/mol. The molecule has 0 aromatic heterocycles. The fourth-order valence-electron chi connectivity index (χ4n) is 2.62. The first-order chi connectivity index (χ1) is 9.85. The second-order valence-electron chi connectivity index (χ2n) is 5.98. The zero-order valence-corrected chi connectivity index (χ0v) is 13.7. The third-order valence-electron chi connectivity index (χ3n) is 3.44. The third-order valence-corrected chi connectivity index (χ3v) is 4.04. The second kappa shape index (κ2) is 6.77. The van der Waals surface area contributed by atoms with Crippen LogP contribution in [0.3, 0.4) is 0 Å². The molecule has 0 spiro atoms. The van der Waals surface area contributed by atoms with Gasteiger partial charge in [-0.05, 0) is 23.6 Å². The van der Waals surface area contributed by atoms with E-state index in [1.807, 2.05) is 12.1 Å². The molecule has 21 heavy (non-hydrogen) atoms. The smallest absolute Gasteiger partial charge is 0.229 e. The van der Waals surface area contributed by atoms with Gasteiger partial charge in [-0.25, -0.2) is 8.42 Å². The highest BCUT2D eigenvalue weighted by Crippen LogP contribution is 2.26. The van der Waals surface area contributed by atoms with Gasteiger partial charge in [0.15, 0.2) is 0 Å². The number of benzene rings is 1. The van der Waals surface area contributed by atoms with E-state index in [2.05, 4.69) is 23.5 Å². The van der Waals surface area contributed by atoms with Crippen LogP contribution >= 0.6 is 0 Å². The standard InChI is InChI=1S/C15H24N2O3S/c1-12(2)10-17-8-9-20-11-15(17)13-4-6-14(7-5-13)16-21(3,18)19/h4-7,12,15-16H,8-11H2,1-3H3/t15-/m1/s1. The van der Waals surface area contributed by atoms with Crippen molar-refractivity contribution >= 4 is 15.7 Å². The van der Waals surface area contributed by atoms with E-state index >= 15 is 0 Å². The number of nitrogens with zero attached hydrogens (tertiary/aromatic N) is 1. The van der Waals surface area contributed by atoms with Gasteiger partial charge in [0.1, 0.15) is 0 Å². The lowest BCUT2D eigenvalue weighted by atomic mass is 10.0. The van der Waals surface area contributed by atoms with Crippen molar-refractivity contribution in [2.24, 2.45) is 5.92 Å². The van der Waals surface area contributed by atoms with Crippen molar-refractivity contribution in [1.82, 2.24) is 4.90 Å². The molecule has 1 aromatic rings. The minimum absolute atomic E-state index is 0.244. The van der Waals surface area contributed by atoms with Crippen molar-refractivity contribution < 1.29 is 13.2 Å². The van der Waals surface area contributed by atoms with Crippen LogP contribution in [0, 0.1) is 5.92 Å². The van der Waals surface area contributed by atoms with Crippen molar-refractivity contribution in [3.05, 3.63) is 29.8 Å². The Kier molecular flexibility index (Phi) is 5.24. The summed E-state index contributed by atoms with van der Waals surface area (Å²) in [4.78, 5) is 2.44. The molecular weight excluding hydrogens is 288 g/mol. The fraction of sp³-hybridized carbons (Fsp3) is 0.600. The molecule has 0 saturated carbocycles. The maximum absolute atomic E-state index is 11.2. The largest absolute Gasteiger partial charge is 0.378 e. The van der Waals surface area contributed by atoms with Crippen LogP contribution in [0.25, 0.3) is 0 Å². The van der Waals surface area contributed by atoms with E-state index in [0.717, 1.165) is 31.5 Å². The average molecular weight is 312 g/mol. The molecular formula is C15H24N2O3S. The number of rotatable bonds is 5. The molecule has 0 radical (unpaired) electrons. The van der Waals surface area contributed by atoms with Gasteiger partial charge in [0.05, 0.1) is 25.5 Å². The monoisotopic (exact) mass is 312 g/mol. The first kappa shape index (κ1) is 16.3. The molecule has 1 atom stereocenters. The predicted octanol–water partition coefficient (Wildman–Crippen LogP) is 2.09. The van der Waals surface area contributed by atoms with Gasteiger partial charge in [0.25, 0.3) is 0 Å². The Morgan fingerprint density at radius 1 is 1.33 bits per heavy atom. The van der Waals surface area contributed by atoms with Crippen LogP contribution in [0.1, 0.15) is 25.5 Å². The maximum Gasteiger partial charge on any atom is 0.229 e. The molecule has 5 nitrogen and oxygen atoms in total. The second-order valence-corrected chi connectivity index (χ2v) is 7.72. The van der Waals surface area contributed by atoms with Crippen LogP contribution in [0.15, 0.2) is 24.3 Å². The lowest BCUT2D eigenvalue weighted by Gasteiger charge is -2.37. The molecule has 1 fully saturated rings. The third kappa shape index (κ3) is 4.98. The fourth-order valence-corrected chi connectivity index (χ4v) is 3.18. The lowest BCUT2D eigenvalue weighted by molar-refractivity contribution is -0.0134. The highest BCUT2D eigenvalue weighted by molar-refractivity contribution is 7.92. The summed E-state index contributed by atoms with van der Waals surface area (Å²) in [5.74, 6) is 0.608. The summed E-state index contributed by atoms with van der Waals surface area (Å²) in [7, 11) is -3.23. The Morgan fingerprint density at radius 3 is 2.57 bits per heavy atom.